The lowest BCUT2D eigenvalue weighted by Crippen LogP contribution is -2.07. The van der Waals surface area contributed by atoms with Gasteiger partial charge in [-0.05, 0) is 36.2 Å². The highest BCUT2D eigenvalue weighted by molar-refractivity contribution is 5.44. The van der Waals surface area contributed by atoms with E-state index in [0.29, 0.717) is 0 Å². The number of anilines is 2. The minimum atomic E-state index is 0.854. The van der Waals surface area contributed by atoms with Crippen molar-refractivity contribution in [2.45, 2.75) is 6.42 Å². The highest BCUT2D eigenvalue weighted by Gasteiger charge is 1.97. The maximum Gasteiger partial charge on any atom is 0.128 e. The Labute approximate surface area is 113 Å². The summed E-state index contributed by atoms with van der Waals surface area (Å²) >= 11 is 0. The average Bonchev–Trinajstić information content (AvgIpc) is 2.48. The van der Waals surface area contributed by atoms with Crippen molar-refractivity contribution in [3.8, 4) is 5.75 Å². The summed E-state index contributed by atoms with van der Waals surface area (Å²) in [4.78, 5) is 4.41. The zero-order valence-electron chi connectivity index (χ0n) is 11.3. The van der Waals surface area contributed by atoms with Gasteiger partial charge >= 0.3 is 0 Å². The van der Waals surface area contributed by atoms with Crippen LogP contribution in [0, 0.1) is 0 Å². The van der Waals surface area contributed by atoms with Gasteiger partial charge in [0.15, 0.2) is 0 Å². The molecule has 0 fully saturated rings. The lowest BCUT2D eigenvalue weighted by molar-refractivity contribution is 0.414. The SMILES string of the molecule is CNc1cccc(NCCc2ccc(OC)cc2)n1. The minimum Gasteiger partial charge on any atom is -0.497 e. The molecule has 19 heavy (non-hydrogen) atoms. The second kappa shape index (κ2) is 6.64. The number of methoxy groups -OCH3 is 1. The molecule has 2 rings (SSSR count). The van der Waals surface area contributed by atoms with Gasteiger partial charge in [-0.15, -0.1) is 0 Å². The Morgan fingerprint density at radius 2 is 1.79 bits per heavy atom. The molecule has 0 unspecified atom stereocenters. The summed E-state index contributed by atoms with van der Waals surface area (Å²) in [6, 6.07) is 14.0. The first-order chi connectivity index (χ1) is 9.31. The van der Waals surface area contributed by atoms with E-state index in [0.717, 1.165) is 30.4 Å². The molecule has 1 heterocycles. The number of ether oxygens (including phenoxy) is 1. The van der Waals surface area contributed by atoms with Crippen molar-refractivity contribution in [2.75, 3.05) is 31.3 Å². The monoisotopic (exact) mass is 257 g/mol. The fourth-order valence-corrected chi connectivity index (χ4v) is 1.80. The predicted molar refractivity (Wildman–Crippen MR) is 79.0 cm³/mol. The Morgan fingerprint density at radius 3 is 2.47 bits per heavy atom. The Bertz CT molecular complexity index is 511. The van der Waals surface area contributed by atoms with E-state index in [-0.39, 0.29) is 0 Å². The summed E-state index contributed by atoms with van der Waals surface area (Å²) in [5.74, 6) is 2.65. The molecule has 0 aliphatic rings. The third kappa shape index (κ3) is 3.88. The predicted octanol–water partition coefficient (Wildman–Crippen LogP) is 2.79. The van der Waals surface area contributed by atoms with Crippen LogP contribution in [0.4, 0.5) is 11.6 Å². The Hall–Kier alpha value is -2.23. The highest BCUT2D eigenvalue weighted by Crippen LogP contribution is 2.12. The van der Waals surface area contributed by atoms with E-state index in [4.69, 9.17) is 4.74 Å². The summed E-state index contributed by atoms with van der Waals surface area (Å²) in [5.41, 5.74) is 1.28. The first-order valence-electron chi connectivity index (χ1n) is 6.33. The molecule has 0 saturated carbocycles. The molecule has 0 amide bonds. The second-order valence-corrected chi connectivity index (χ2v) is 4.18. The highest BCUT2D eigenvalue weighted by atomic mass is 16.5. The van der Waals surface area contributed by atoms with Gasteiger partial charge in [-0.25, -0.2) is 4.98 Å². The summed E-state index contributed by atoms with van der Waals surface area (Å²) < 4.78 is 5.14. The molecule has 1 aromatic carbocycles. The topological polar surface area (TPSA) is 46.2 Å². The molecule has 0 atom stereocenters. The lowest BCUT2D eigenvalue weighted by Gasteiger charge is -2.07. The first kappa shape index (κ1) is 13.2. The van der Waals surface area contributed by atoms with E-state index in [1.54, 1.807) is 7.11 Å². The second-order valence-electron chi connectivity index (χ2n) is 4.18. The van der Waals surface area contributed by atoms with Crippen LogP contribution in [-0.2, 0) is 6.42 Å². The molecule has 0 bridgehead atoms. The quantitative estimate of drug-likeness (QED) is 0.835. The molecule has 1 aromatic heterocycles. The van der Waals surface area contributed by atoms with Gasteiger partial charge in [-0.3, -0.25) is 0 Å². The maximum atomic E-state index is 5.14. The van der Waals surface area contributed by atoms with Crippen molar-refractivity contribution in [1.82, 2.24) is 4.98 Å². The number of hydrogen-bond acceptors (Lipinski definition) is 4. The standard InChI is InChI=1S/C15H19N3O/c1-16-14-4-3-5-15(18-14)17-11-10-12-6-8-13(19-2)9-7-12/h3-9H,10-11H2,1-2H3,(H2,16,17,18). The van der Waals surface area contributed by atoms with Crippen molar-refractivity contribution < 1.29 is 4.74 Å². The van der Waals surface area contributed by atoms with Gasteiger partial charge in [0.05, 0.1) is 7.11 Å². The molecule has 0 spiro atoms. The molecule has 0 radical (unpaired) electrons. The third-order valence-corrected chi connectivity index (χ3v) is 2.88. The lowest BCUT2D eigenvalue weighted by atomic mass is 10.1. The van der Waals surface area contributed by atoms with Gasteiger partial charge in [0.1, 0.15) is 17.4 Å². The summed E-state index contributed by atoms with van der Waals surface area (Å²) in [5, 5.41) is 6.34. The van der Waals surface area contributed by atoms with Gasteiger partial charge in [0.25, 0.3) is 0 Å². The molecular weight excluding hydrogens is 238 g/mol. The van der Waals surface area contributed by atoms with Crippen LogP contribution in [0.5, 0.6) is 5.75 Å². The normalized spacial score (nSPS) is 10.0. The third-order valence-electron chi connectivity index (χ3n) is 2.88. The van der Waals surface area contributed by atoms with Crippen LogP contribution in [0.1, 0.15) is 5.56 Å². The molecule has 4 nitrogen and oxygen atoms in total. The van der Waals surface area contributed by atoms with Crippen LogP contribution in [-0.4, -0.2) is 25.7 Å². The first-order valence-corrected chi connectivity index (χ1v) is 6.33. The number of benzene rings is 1. The Kier molecular flexibility index (Phi) is 4.61. The van der Waals surface area contributed by atoms with Crippen molar-refractivity contribution >= 4 is 11.6 Å². The van der Waals surface area contributed by atoms with Crippen LogP contribution in [0.2, 0.25) is 0 Å². The van der Waals surface area contributed by atoms with Crippen molar-refractivity contribution in [3.05, 3.63) is 48.0 Å². The van der Waals surface area contributed by atoms with Gasteiger partial charge in [0, 0.05) is 13.6 Å². The van der Waals surface area contributed by atoms with Gasteiger partial charge < -0.3 is 15.4 Å². The summed E-state index contributed by atoms with van der Waals surface area (Å²) in [7, 11) is 3.54. The molecule has 0 aliphatic heterocycles. The van der Waals surface area contributed by atoms with Gasteiger partial charge in [-0.2, -0.15) is 0 Å². The molecule has 2 aromatic rings. The van der Waals surface area contributed by atoms with E-state index < -0.39 is 0 Å². The van der Waals surface area contributed by atoms with E-state index in [1.165, 1.54) is 5.56 Å². The summed E-state index contributed by atoms with van der Waals surface area (Å²) in [6.07, 6.45) is 0.954. The summed E-state index contributed by atoms with van der Waals surface area (Å²) in [6.45, 7) is 0.854. The molecular formula is C15H19N3O. The van der Waals surface area contributed by atoms with Crippen LogP contribution < -0.4 is 15.4 Å². The van der Waals surface area contributed by atoms with E-state index in [1.807, 2.05) is 37.4 Å². The number of aromatic nitrogens is 1. The van der Waals surface area contributed by atoms with E-state index >= 15 is 0 Å². The van der Waals surface area contributed by atoms with Crippen LogP contribution in [0.15, 0.2) is 42.5 Å². The van der Waals surface area contributed by atoms with Crippen LogP contribution in [0.25, 0.3) is 0 Å². The van der Waals surface area contributed by atoms with Crippen molar-refractivity contribution in [1.29, 1.82) is 0 Å². The number of nitrogens with zero attached hydrogens (tertiary/aromatic N) is 1. The van der Waals surface area contributed by atoms with E-state index in [9.17, 15) is 0 Å². The number of hydrogen-bond donors (Lipinski definition) is 2. The van der Waals surface area contributed by atoms with Crippen molar-refractivity contribution in [2.24, 2.45) is 0 Å². The zero-order chi connectivity index (χ0) is 13.5. The zero-order valence-corrected chi connectivity index (χ0v) is 11.3. The maximum absolute atomic E-state index is 5.14. The smallest absolute Gasteiger partial charge is 0.128 e. The molecule has 100 valence electrons. The van der Waals surface area contributed by atoms with Gasteiger partial charge in [-0.1, -0.05) is 18.2 Å². The largest absolute Gasteiger partial charge is 0.497 e. The molecule has 0 saturated heterocycles. The molecule has 2 N–H and O–H groups in total. The number of pyridine rings is 1. The van der Waals surface area contributed by atoms with E-state index in [2.05, 4.69) is 27.8 Å². The Balaban J connectivity index is 1.85. The van der Waals surface area contributed by atoms with Gasteiger partial charge in [0.2, 0.25) is 0 Å². The fourth-order valence-electron chi connectivity index (χ4n) is 1.80. The fraction of sp³-hybridized carbons (Fsp3) is 0.267. The van der Waals surface area contributed by atoms with Crippen LogP contribution >= 0.6 is 0 Å². The average molecular weight is 257 g/mol. The number of nitrogens with one attached hydrogen (secondary N) is 2. The minimum absolute atomic E-state index is 0.854. The molecule has 4 heteroatoms. The Morgan fingerprint density at radius 1 is 1.05 bits per heavy atom. The molecule has 0 aliphatic carbocycles. The number of rotatable bonds is 6. The van der Waals surface area contributed by atoms with Crippen molar-refractivity contribution in [3.63, 3.8) is 0 Å². The van der Waals surface area contributed by atoms with Crippen LogP contribution in [0.3, 0.4) is 0 Å².